The summed E-state index contributed by atoms with van der Waals surface area (Å²) < 4.78 is 5.95. The maximum absolute atomic E-state index is 5.95. The molecule has 0 saturated carbocycles. The third-order valence-electron chi connectivity index (χ3n) is 3.42. The molecule has 1 N–H and O–H groups in total. The summed E-state index contributed by atoms with van der Waals surface area (Å²) in [6.07, 6.45) is 2.14. The molecule has 1 saturated heterocycles. The van der Waals surface area contributed by atoms with Crippen molar-refractivity contribution in [2.24, 2.45) is 0 Å². The van der Waals surface area contributed by atoms with Crippen LogP contribution in [-0.4, -0.2) is 35.8 Å². The van der Waals surface area contributed by atoms with Gasteiger partial charge in [-0.1, -0.05) is 13.8 Å². The van der Waals surface area contributed by atoms with Crippen molar-refractivity contribution < 1.29 is 4.74 Å². The van der Waals surface area contributed by atoms with Gasteiger partial charge in [0.1, 0.15) is 5.82 Å². The first-order valence-corrected chi connectivity index (χ1v) is 7.47. The van der Waals surface area contributed by atoms with Gasteiger partial charge in [-0.05, 0) is 38.5 Å². The molecule has 0 spiro atoms. The monoisotopic (exact) mass is 277 g/mol. The van der Waals surface area contributed by atoms with E-state index in [9.17, 15) is 0 Å². The fourth-order valence-electron chi connectivity index (χ4n) is 2.69. The van der Waals surface area contributed by atoms with E-state index in [0.29, 0.717) is 6.04 Å². The molecule has 1 aliphatic heterocycles. The van der Waals surface area contributed by atoms with Crippen molar-refractivity contribution in [3.05, 3.63) is 23.9 Å². The van der Waals surface area contributed by atoms with Crippen LogP contribution in [0.5, 0.6) is 0 Å². The standard InChI is InChI=1S/C16H27N3O/c1-12(2)18-9-14-6-7-17-15(8-14)19-10-13(3)20-16(4,5)11-19/h6-8,12-13,18H,9-11H2,1-5H3. The molecule has 20 heavy (non-hydrogen) atoms. The Bertz CT molecular complexity index is 445. The maximum Gasteiger partial charge on any atom is 0.128 e. The van der Waals surface area contributed by atoms with Crippen LogP contribution in [0.25, 0.3) is 0 Å². The Morgan fingerprint density at radius 3 is 2.90 bits per heavy atom. The van der Waals surface area contributed by atoms with Crippen molar-refractivity contribution in [3.63, 3.8) is 0 Å². The molecule has 0 radical (unpaired) electrons. The number of morpholine rings is 1. The van der Waals surface area contributed by atoms with Crippen molar-refractivity contribution >= 4 is 5.82 Å². The molecule has 4 nitrogen and oxygen atoms in total. The Kier molecular flexibility index (Phi) is 4.66. The lowest BCUT2D eigenvalue weighted by Crippen LogP contribution is -2.52. The number of ether oxygens (including phenoxy) is 1. The van der Waals surface area contributed by atoms with Crippen LogP contribution in [0.4, 0.5) is 5.82 Å². The first kappa shape index (κ1) is 15.3. The third kappa shape index (κ3) is 4.18. The van der Waals surface area contributed by atoms with Crippen molar-refractivity contribution in [1.29, 1.82) is 0 Å². The smallest absolute Gasteiger partial charge is 0.128 e. The van der Waals surface area contributed by atoms with E-state index in [1.165, 1.54) is 5.56 Å². The zero-order valence-corrected chi connectivity index (χ0v) is 13.3. The summed E-state index contributed by atoms with van der Waals surface area (Å²) in [5.41, 5.74) is 1.16. The first-order valence-electron chi connectivity index (χ1n) is 7.47. The highest BCUT2D eigenvalue weighted by Gasteiger charge is 2.31. The quantitative estimate of drug-likeness (QED) is 0.918. The molecule has 112 valence electrons. The second-order valence-corrected chi connectivity index (χ2v) is 6.63. The van der Waals surface area contributed by atoms with Gasteiger partial charge < -0.3 is 15.0 Å². The van der Waals surface area contributed by atoms with Gasteiger partial charge >= 0.3 is 0 Å². The molecule has 0 bridgehead atoms. The average Bonchev–Trinajstić information content (AvgIpc) is 2.34. The molecule has 1 unspecified atom stereocenters. The number of nitrogens with zero attached hydrogens (tertiary/aromatic N) is 2. The Morgan fingerprint density at radius 2 is 2.25 bits per heavy atom. The van der Waals surface area contributed by atoms with Gasteiger partial charge in [0.05, 0.1) is 11.7 Å². The SMILES string of the molecule is CC(C)NCc1ccnc(N2CC(C)OC(C)(C)C2)c1. The minimum Gasteiger partial charge on any atom is -0.369 e. The molecule has 2 heterocycles. The largest absolute Gasteiger partial charge is 0.369 e. The van der Waals surface area contributed by atoms with E-state index < -0.39 is 0 Å². The highest BCUT2D eigenvalue weighted by molar-refractivity contribution is 5.42. The van der Waals surface area contributed by atoms with Crippen LogP contribution >= 0.6 is 0 Å². The summed E-state index contributed by atoms with van der Waals surface area (Å²) in [6.45, 7) is 13.4. The number of anilines is 1. The van der Waals surface area contributed by atoms with Crippen LogP contribution in [0.2, 0.25) is 0 Å². The van der Waals surface area contributed by atoms with Crippen molar-refractivity contribution in [2.45, 2.75) is 58.9 Å². The molecule has 1 aromatic heterocycles. The number of nitrogens with one attached hydrogen (secondary N) is 1. The Labute approximate surface area is 122 Å². The van der Waals surface area contributed by atoms with Gasteiger partial charge in [0.15, 0.2) is 0 Å². The molecule has 0 aliphatic carbocycles. The van der Waals surface area contributed by atoms with E-state index in [-0.39, 0.29) is 11.7 Å². The summed E-state index contributed by atoms with van der Waals surface area (Å²) in [7, 11) is 0. The summed E-state index contributed by atoms with van der Waals surface area (Å²) in [4.78, 5) is 6.86. The minimum atomic E-state index is -0.120. The lowest BCUT2D eigenvalue weighted by atomic mass is 10.1. The van der Waals surface area contributed by atoms with E-state index in [2.05, 4.69) is 62.0 Å². The Morgan fingerprint density at radius 1 is 1.50 bits per heavy atom. The van der Waals surface area contributed by atoms with Crippen molar-refractivity contribution in [1.82, 2.24) is 10.3 Å². The highest BCUT2D eigenvalue weighted by atomic mass is 16.5. The average molecular weight is 277 g/mol. The first-order chi connectivity index (χ1) is 9.35. The van der Waals surface area contributed by atoms with Gasteiger partial charge in [-0.3, -0.25) is 0 Å². The van der Waals surface area contributed by atoms with Gasteiger partial charge in [0.2, 0.25) is 0 Å². The second kappa shape index (κ2) is 6.10. The van der Waals surface area contributed by atoms with E-state index in [4.69, 9.17) is 4.74 Å². The predicted molar refractivity (Wildman–Crippen MR) is 83.1 cm³/mol. The number of pyridine rings is 1. The van der Waals surface area contributed by atoms with Crippen molar-refractivity contribution in [3.8, 4) is 0 Å². The molecule has 0 aromatic carbocycles. The van der Waals surface area contributed by atoms with E-state index in [0.717, 1.165) is 25.5 Å². The number of hydrogen-bond acceptors (Lipinski definition) is 4. The van der Waals surface area contributed by atoms with Crippen LogP contribution in [0, 0.1) is 0 Å². The van der Waals surface area contributed by atoms with Crippen molar-refractivity contribution in [2.75, 3.05) is 18.0 Å². The fraction of sp³-hybridized carbons (Fsp3) is 0.688. The molecular weight excluding hydrogens is 250 g/mol. The van der Waals surface area contributed by atoms with Gasteiger partial charge in [-0.25, -0.2) is 4.98 Å². The maximum atomic E-state index is 5.95. The molecular formula is C16H27N3O. The van der Waals surface area contributed by atoms with Crippen LogP contribution < -0.4 is 10.2 Å². The molecule has 4 heteroatoms. The zero-order chi connectivity index (χ0) is 14.8. The summed E-state index contributed by atoms with van der Waals surface area (Å²) in [5, 5.41) is 3.45. The molecule has 2 rings (SSSR count). The van der Waals surface area contributed by atoms with Crippen LogP contribution in [0.3, 0.4) is 0 Å². The fourth-order valence-corrected chi connectivity index (χ4v) is 2.69. The summed E-state index contributed by atoms with van der Waals surface area (Å²) in [6, 6.07) is 4.76. The van der Waals surface area contributed by atoms with E-state index >= 15 is 0 Å². The predicted octanol–water partition coefficient (Wildman–Crippen LogP) is 2.58. The summed E-state index contributed by atoms with van der Waals surface area (Å²) in [5.74, 6) is 1.05. The Balaban J connectivity index is 2.10. The number of hydrogen-bond donors (Lipinski definition) is 1. The second-order valence-electron chi connectivity index (χ2n) is 6.63. The van der Waals surface area contributed by atoms with Gasteiger partial charge in [-0.15, -0.1) is 0 Å². The van der Waals surface area contributed by atoms with Gasteiger partial charge in [-0.2, -0.15) is 0 Å². The number of rotatable bonds is 4. The van der Waals surface area contributed by atoms with Crippen LogP contribution in [0.15, 0.2) is 18.3 Å². The molecule has 0 amide bonds. The topological polar surface area (TPSA) is 37.4 Å². The van der Waals surface area contributed by atoms with Crippen LogP contribution in [-0.2, 0) is 11.3 Å². The minimum absolute atomic E-state index is 0.120. The summed E-state index contributed by atoms with van der Waals surface area (Å²) >= 11 is 0. The molecule has 1 atom stereocenters. The Hall–Kier alpha value is -1.13. The lowest BCUT2D eigenvalue weighted by Gasteiger charge is -2.42. The van der Waals surface area contributed by atoms with Gasteiger partial charge in [0.25, 0.3) is 0 Å². The third-order valence-corrected chi connectivity index (χ3v) is 3.42. The van der Waals surface area contributed by atoms with Gasteiger partial charge in [0, 0.05) is 31.9 Å². The normalized spacial score (nSPS) is 22.3. The molecule has 1 aliphatic rings. The molecule has 1 aromatic rings. The molecule has 1 fully saturated rings. The van der Waals surface area contributed by atoms with E-state index in [1.807, 2.05) is 6.20 Å². The lowest BCUT2D eigenvalue weighted by molar-refractivity contribution is -0.0751. The van der Waals surface area contributed by atoms with Crippen LogP contribution in [0.1, 0.15) is 40.2 Å². The number of aromatic nitrogens is 1. The zero-order valence-electron chi connectivity index (χ0n) is 13.3. The highest BCUT2D eigenvalue weighted by Crippen LogP contribution is 2.25. The van der Waals surface area contributed by atoms with E-state index in [1.54, 1.807) is 0 Å².